The lowest BCUT2D eigenvalue weighted by Gasteiger charge is -2.32. The zero-order chi connectivity index (χ0) is 18.7. The highest BCUT2D eigenvalue weighted by Gasteiger charge is 2.48. The SMILES string of the molecule is CCCCS(=O)(=O)Nc1ccc2c(c1)OC(C)(C(=O)OCC)C(=O)N2. The summed E-state index contributed by atoms with van der Waals surface area (Å²) in [6, 6.07) is 4.45. The first-order valence-electron chi connectivity index (χ1n) is 8.04. The Kier molecular flexibility index (Phi) is 5.56. The number of ether oxygens (including phenoxy) is 2. The molecule has 0 bridgehead atoms. The van der Waals surface area contributed by atoms with Crippen LogP contribution in [0.5, 0.6) is 5.75 Å². The molecular formula is C16H22N2O6S. The number of unbranched alkanes of at least 4 members (excludes halogenated alkanes) is 1. The molecule has 138 valence electrons. The minimum absolute atomic E-state index is 0.0126. The molecule has 0 fully saturated rings. The van der Waals surface area contributed by atoms with Crippen molar-refractivity contribution in [1.29, 1.82) is 0 Å². The van der Waals surface area contributed by atoms with Gasteiger partial charge in [0.25, 0.3) is 11.5 Å². The lowest BCUT2D eigenvalue weighted by Crippen LogP contribution is -2.55. The first-order chi connectivity index (χ1) is 11.7. The van der Waals surface area contributed by atoms with Gasteiger partial charge in [-0.25, -0.2) is 13.2 Å². The van der Waals surface area contributed by atoms with Crippen LogP contribution in [-0.4, -0.2) is 38.3 Å². The summed E-state index contributed by atoms with van der Waals surface area (Å²) in [6.45, 7) is 4.94. The van der Waals surface area contributed by atoms with Gasteiger partial charge in [0.2, 0.25) is 10.0 Å². The first-order valence-corrected chi connectivity index (χ1v) is 9.69. The summed E-state index contributed by atoms with van der Waals surface area (Å²) in [5.74, 6) is -1.26. The van der Waals surface area contributed by atoms with E-state index in [0.717, 1.165) is 6.42 Å². The van der Waals surface area contributed by atoms with Gasteiger partial charge in [0.05, 0.1) is 23.7 Å². The molecule has 0 aromatic heterocycles. The van der Waals surface area contributed by atoms with Crippen LogP contribution in [0.3, 0.4) is 0 Å². The largest absolute Gasteiger partial charge is 0.464 e. The fraction of sp³-hybridized carbons (Fsp3) is 0.500. The van der Waals surface area contributed by atoms with Crippen molar-refractivity contribution in [2.45, 2.75) is 39.2 Å². The zero-order valence-corrected chi connectivity index (χ0v) is 15.2. The highest BCUT2D eigenvalue weighted by atomic mass is 32.2. The predicted octanol–water partition coefficient (Wildman–Crippen LogP) is 1.88. The van der Waals surface area contributed by atoms with E-state index in [-0.39, 0.29) is 23.8 Å². The van der Waals surface area contributed by atoms with Gasteiger partial charge in [0.15, 0.2) is 0 Å². The van der Waals surface area contributed by atoms with Gasteiger partial charge in [-0.3, -0.25) is 9.52 Å². The van der Waals surface area contributed by atoms with Crippen LogP contribution < -0.4 is 14.8 Å². The number of amides is 1. The summed E-state index contributed by atoms with van der Waals surface area (Å²) in [5.41, 5.74) is -1.19. The summed E-state index contributed by atoms with van der Waals surface area (Å²) in [6.07, 6.45) is 1.31. The average Bonchev–Trinajstić information content (AvgIpc) is 2.54. The smallest absolute Gasteiger partial charge is 0.360 e. The predicted molar refractivity (Wildman–Crippen MR) is 93.1 cm³/mol. The van der Waals surface area contributed by atoms with Gasteiger partial charge in [0.1, 0.15) is 5.75 Å². The molecule has 1 aromatic carbocycles. The molecule has 1 atom stereocenters. The van der Waals surface area contributed by atoms with Gasteiger partial charge in [-0.2, -0.15) is 0 Å². The van der Waals surface area contributed by atoms with Crippen molar-refractivity contribution >= 4 is 33.3 Å². The summed E-state index contributed by atoms with van der Waals surface area (Å²) in [5, 5.41) is 2.57. The molecule has 8 nitrogen and oxygen atoms in total. The molecular weight excluding hydrogens is 348 g/mol. The summed E-state index contributed by atoms with van der Waals surface area (Å²) in [4.78, 5) is 24.2. The number of sulfonamides is 1. The third kappa shape index (κ3) is 4.22. The molecule has 1 aromatic rings. The monoisotopic (exact) mass is 370 g/mol. The second-order valence-electron chi connectivity index (χ2n) is 5.80. The Bertz CT molecular complexity index is 777. The number of carbonyl (C=O) groups is 2. The molecule has 1 unspecified atom stereocenters. The van der Waals surface area contributed by atoms with Gasteiger partial charge in [-0.05, 0) is 32.4 Å². The average molecular weight is 370 g/mol. The highest BCUT2D eigenvalue weighted by Crippen LogP contribution is 2.36. The zero-order valence-electron chi connectivity index (χ0n) is 14.4. The van der Waals surface area contributed by atoms with Crippen LogP contribution >= 0.6 is 0 Å². The molecule has 25 heavy (non-hydrogen) atoms. The van der Waals surface area contributed by atoms with E-state index in [1.54, 1.807) is 6.92 Å². The molecule has 1 aliphatic heterocycles. The molecule has 0 saturated carbocycles. The molecule has 9 heteroatoms. The van der Waals surface area contributed by atoms with Crippen LogP contribution in [0.25, 0.3) is 0 Å². The lowest BCUT2D eigenvalue weighted by atomic mass is 10.0. The number of nitrogens with one attached hydrogen (secondary N) is 2. The third-order valence-corrected chi connectivity index (χ3v) is 5.05. The Balaban J connectivity index is 2.25. The Hall–Kier alpha value is -2.29. The maximum atomic E-state index is 12.2. The Labute approximate surface area is 146 Å². The summed E-state index contributed by atoms with van der Waals surface area (Å²) < 4.78 is 36.9. The van der Waals surface area contributed by atoms with Crippen LogP contribution in [0.15, 0.2) is 18.2 Å². The van der Waals surface area contributed by atoms with E-state index in [9.17, 15) is 18.0 Å². The van der Waals surface area contributed by atoms with E-state index in [1.165, 1.54) is 25.1 Å². The fourth-order valence-corrected chi connectivity index (χ4v) is 3.51. The van der Waals surface area contributed by atoms with Gasteiger partial charge in [-0.1, -0.05) is 13.3 Å². The molecule has 1 heterocycles. The summed E-state index contributed by atoms with van der Waals surface area (Å²) >= 11 is 0. The Morgan fingerprint density at radius 3 is 2.72 bits per heavy atom. The van der Waals surface area contributed by atoms with Gasteiger partial charge in [0, 0.05) is 6.07 Å². The molecule has 0 spiro atoms. The van der Waals surface area contributed by atoms with E-state index < -0.39 is 27.5 Å². The maximum Gasteiger partial charge on any atom is 0.360 e. The molecule has 2 N–H and O–H groups in total. The second-order valence-corrected chi connectivity index (χ2v) is 7.64. The molecule has 0 saturated heterocycles. The van der Waals surface area contributed by atoms with Crippen molar-refractivity contribution in [3.63, 3.8) is 0 Å². The van der Waals surface area contributed by atoms with Crippen molar-refractivity contribution in [1.82, 2.24) is 0 Å². The first kappa shape index (κ1) is 19.0. The number of hydrogen-bond acceptors (Lipinski definition) is 6. The van der Waals surface area contributed by atoms with Gasteiger partial charge >= 0.3 is 5.97 Å². The summed E-state index contributed by atoms with van der Waals surface area (Å²) in [7, 11) is -3.47. The number of rotatable bonds is 7. The molecule has 0 radical (unpaired) electrons. The maximum absolute atomic E-state index is 12.2. The Morgan fingerprint density at radius 1 is 1.36 bits per heavy atom. The van der Waals surface area contributed by atoms with E-state index in [0.29, 0.717) is 12.1 Å². The van der Waals surface area contributed by atoms with Crippen LogP contribution in [0.2, 0.25) is 0 Å². The van der Waals surface area contributed by atoms with Crippen molar-refractivity contribution in [3.8, 4) is 5.75 Å². The number of benzene rings is 1. The van der Waals surface area contributed by atoms with Crippen molar-refractivity contribution in [2.24, 2.45) is 0 Å². The Morgan fingerprint density at radius 2 is 2.08 bits per heavy atom. The van der Waals surface area contributed by atoms with E-state index in [2.05, 4.69) is 10.0 Å². The lowest BCUT2D eigenvalue weighted by molar-refractivity contribution is -0.165. The van der Waals surface area contributed by atoms with Gasteiger partial charge < -0.3 is 14.8 Å². The number of anilines is 2. The molecule has 1 aliphatic rings. The number of carbonyl (C=O) groups excluding carboxylic acids is 2. The van der Waals surface area contributed by atoms with E-state index >= 15 is 0 Å². The number of esters is 1. The van der Waals surface area contributed by atoms with Crippen LogP contribution in [0, 0.1) is 0 Å². The normalized spacial score (nSPS) is 19.4. The highest BCUT2D eigenvalue weighted by molar-refractivity contribution is 7.92. The number of hydrogen-bond donors (Lipinski definition) is 2. The van der Waals surface area contributed by atoms with E-state index in [4.69, 9.17) is 9.47 Å². The van der Waals surface area contributed by atoms with Crippen molar-refractivity contribution < 1.29 is 27.5 Å². The molecule has 1 amide bonds. The minimum atomic E-state index is -3.47. The van der Waals surface area contributed by atoms with Gasteiger partial charge in [-0.15, -0.1) is 0 Å². The quantitative estimate of drug-likeness (QED) is 0.560. The van der Waals surface area contributed by atoms with Crippen molar-refractivity contribution in [2.75, 3.05) is 22.4 Å². The topological polar surface area (TPSA) is 111 Å². The molecule has 2 rings (SSSR count). The van der Waals surface area contributed by atoms with Crippen LogP contribution in [-0.2, 0) is 24.3 Å². The number of fused-ring (bicyclic) bond motifs is 1. The van der Waals surface area contributed by atoms with Crippen LogP contribution in [0.1, 0.15) is 33.6 Å². The third-order valence-electron chi connectivity index (χ3n) is 3.68. The minimum Gasteiger partial charge on any atom is -0.464 e. The fourth-order valence-electron chi connectivity index (χ4n) is 2.25. The van der Waals surface area contributed by atoms with E-state index in [1.807, 2.05) is 6.92 Å². The van der Waals surface area contributed by atoms with Crippen LogP contribution in [0.4, 0.5) is 11.4 Å². The van der Waals surface area contributed by atoms with Crippen molar-refractivity contribution in [3.05, 3.63) is 18.2 Å². The second kappa shape index (κ2) is 7.30. The standard InChI is InChI=1S/C16H22N2O6S/c1-4-6-9-25(21,22)18-11-7-8-12-13(10-11)24-16(3,14(19)17-12)15(20)23-5-2/h7-8,10,18H,4-6,9H2,1-3H3,(H,17,19). The molecule has 0 aliphatic carbocycles.